The monoisotopic (exact) mass is 596 g/mol. The fraction of sp³-hybridized carbons (Fsp3) is 0.302. The number of para-hydroxylation sites is 3. The van der Waals surface area contributed by atoms with Crippen molar-refractivity contribution in [3.05, 3.63) is 126 Å². The third kappa shape index (κ3) is 3.78. The van der Waals surface area contributed by atoms with Crippen molar-refractivity contribution in [2.75, 3.05) is 9.80 Å². The number of hydrogen-bond donors (Lipinski definition) is 0. The minimum absolute atomic E-state index is 0.187. The summed E-state index contributed by atoms with van der Waals surface area (Å²) in [4.78, 5) is 5.22. The summed E-state index contributed by atoms with van der Waals surface area (Å²) in [6.45, 7) is 4.66. The molecule has 10 rings (SSSR count). The molecular formula is C43H41BN2. The summed E-state index contributed by atoms with van der Waals surface area (Å²) in [6, 6.07) is 42.0. The molecule has 5 aliphatic rings. The molecule has 4 atom stereocenters. The van der Waals surface area contributed by atoms with Crippen molar-refractivity contribution in [3.63, 3.8) is 0 Å². The van der Waals surface area contributed by atoms with E-state index < -0.39 is 0 Å². The molecule has 226 valence electrons. The highest BCUT2D eigenvalue weighted by molar-refractivity contribution is 7.00. The number of nitrogens with zero attached hydrogens (tertiary/aromatic N) is 2. The van der Waals surface area contributed by atoms with Crippen molar-refractivity contribution in [3.8, 4) is 0 Å². The van der Waals surface area contributed by atoms with Gasteiger partial charge in [0.25, 0.3) is 6.71 Å². The Kier molecular flexibility index (Phi) is 5.79. The third-order valence-electron chi connectivity index (χ3n) is 12.7. The second-order valence-electron chi connectivity index (χ2n) is 15.2. The quantitative estimate of drug-likeness (QED) is 0.188. The Labute approximate surface area is 274 Å². The lowest BCUT2D eigenvalue weighted by Gasteiger charge is -2.56. The first kappa shape index (κ1) is 26.9. The van der Waals surface area contributed by atoms with Crippen LogP contribution in [0.1, 0.15) is 61.6 Å². The van der Waals surface area contributed by atoms with Crippen molar-refractivity contribution in [1.82, 2.24) is 0 Å². The fourth-order valence-corrected chi connectivity index (χ4v) is 10.7. The summed E-state index contributed by atoms with van der Waals surface area (Å²) in [5, 5.41) is 0. The summed E-state index contributed by atoms with van der Waals surface area (Å²) in [5.74, 6) is 2.75. The molecule has 5 aromatic carbocycles. The van der Waals surface area contributed by atoms with Crippen molar-refractivity contribution in [2.24, 2.45) is 17.8 Å². The molecule has 0 spiro atoms. The summed E-state index contributed by atoms with van der Waals surface area (Å²) in [7, 11) is 0. The third-order valence-corrected chi connectivity index (χ3v) is 12.7. The Hall–Kier alpha value is -4.24. The van der Waals surface area contributed by atoms with E-state index in [0.29, 0.717) is 0 Å². The van der Waals surface area contributed by atoms with Gasteiger partial charge in [0.05, 0.1) is 0 Å². The van der Waals surface area contributed by atoms with Crippen LogP contribution >= 0.6 is 0 Å². The molecule has 0 amide bonds. The largest absolute Gasteiger partial charge is 0.311 e. The molecule has 3 heteroatoms. The summed E-state index contributed by atoms with van der Waals surface area (Å²) in [5.41, 5.74) is 16.6. The zero-order valence-electron chi connectivity index (χ0n) is 27.0. The van der Waals surface area contributed by atoms with Crippen LogP contribution in [0.4, 0.5) is 34.1 Å². The molecule has 4 unspecified atom stereocenters. The van der Waals surface area contributed by atoms with Gasteiger partial charge in [-0.2, -0.15) is 0 Å². The van der Waals surface area contributed by atoms with Crippen LogP contribution in [-0.4, -0.2) is 6.71 Å². The molecule has 5 aromatic rings. The van der Waals surface area contributed by atoms with Crippen LogP contribution in [0.3, 0.4) is 0 Å². The molecule has 2 heterocycles. The second-order valence-corrected chi connectivity index (χ2v) is 15.2. The number of fused-ring (bicyclic) bond motifs is 6. The van der Waals surface area contributed by atoms with E-state index >= 15 is 0 Å². The molecule has 3 saturated carbocycles. The van der Waals surface area contributed by atoms with E-state index in [1.165, 1.54) is 107 Å². The maximum atomic E-state index is 2.68. The number of aryl methyl sites for hydroxylation is 2. The molecule has 2 nitrogen and oxygen atoms in total. The average molecular weight is 597 g/mol. The van der Waals surface area contributed by atoms with Gasteiger partial charge in [-0.05, 0) is 146 Å². The van der Waals surface area contributed by atoms with E-state index in [-0.39, 0.29) is 12.1 Å². The highest BCUT2D eigenvalue weighted by Gasteiger charge is 2.51. The van der Waals surface area contributed by atoms with Gasteiger partial charge in [-0.15, -0.1) is 0 Å². The molecule has 3 fully saturated rings. The topological polar surface area (TPSA) is 6.48 Å². The highest BCUT2D eigenvalue weighted by atomic mass is 15.2. The maximum Gasteiger partial charge on any atom is 0.252 e. The molecule has 46 heavy (non-hydrogen) atoms. The van der Waals surface area contributed by atoms with E-state index in [1.54, 1.807) is 5.56 Å². The van der Waals surface area contributed by atoms with Gasteiger partial charge in [-0.3, -0.25) is 0 Å². The highest BCUT2D eigenvalue weighted by Crippen LogP contribution is 2.60. The fourth-order valence-electron chi connectivity index (χ4n) is 10.7. The smallest absolute Gasteiger partial charge is 0.252 e. The van der Waals surface area contributed by atoms with Gasteiger partial charge in [0, 0.05) is 34.1 Å². The van der Waals surface area contributed by atoms with Crippen LogP contribution < -0.4 is 26.2 Å². The summed E-state index contributed by atoms with van der Waals surface area (Å²) >= 11 is 0. The normalized spacial score (nSPS) is 25.2. The molecule has 3 aliphatic carbocycles. The molecular weight excluding hydrogens is 555 g/mol. The van der Waals surface area contributed by atoms with Crippen molar-refractivity contribution in [2.45, 2.75) is 64.2 Å². The van der Waals surface area contributed by atoms with E-state index in [4.69, 9.17) is 0 Å². The van der Waals surface area contributed by atoms with Gasteiger partial charge in [-0.1, -0.05) is 78.7 Å². The van der Waals surface area contributed by atoms with Gasteiger partial charge in [0.15, 0.2) is 0 Å². The van der Waals surface area contributed by atoms with Crippen molar-refractivity contribution in [1.29, 1.82) is 0 Å². The lowest BCUT2D eigenvalue weighted by molar-refractivity contribution is 0.00967. The number of hydrogen-bond acceptors (Lipinski definition) is 2. The Morgan fingerprint density at radius 2 is 1.26 bits per heavy atom. The van der Waals surface area contributed by atoms with Gasteiger partial charge >= 0.3 is 0 Å². The van der Waals surface area contributed by atoms with E-state index in [9.17, 15) is 0 Å². The maximum absolute atomic E-state index is 2.68. The predicted molar refractivity (Wildman–Crippen MR) is 194 cm³/mol. The molecule has 2 aliphatic heterocycles. The summed E-state index contributed by atoms with van der Waals surface area (Å²) in [6.07, 6.45) is 9.86. The first-order valence-electron chi connectivity index (χ1n) is 17.7. The standard InChI is InChI=1S/C43H41BN2/c1-28-15-19-34(20-16-28)45-38-13-7-4-10-35(38)44-36-11-5-8-14-39(36)46(37-12-6-3-9-29(37)2)41-25-33(24-40(45)42(41)44)43-22-21-31-18-17-30(26-43)23-32(31)27-43/h3-16,19-20,24-25,30-32H,17-18,21-23,26-27H2,1-2H3. The van der Waals surface area contributed by atoms with Gasteiger partial charge in [0.1, 0.15) is 0 Å². The van der Waals surface area contributed by atoms with Gasteiger partial charge in [0.2, 0.25) is 0 Å². The first-order chi connectivity index (χ1) is 22.6. The number of rotatable bonds is 3. The Morgan fingerprint density at radius 1 is 0.609 bits per heavy atom. The lowest BCUT2D eigenvalue weighted by Crippen LogP contribution is -2.61. The van der Waals surface area contributed by atoms with Crippen LogP contribution in [0.5, 0.6) is 0 Å². The lowest BCUT2D eigenvalue weighted by atomic mass is 9.33. The molecule has 3 bridgehead atoms. The van der Waals surface area contributed by atoms with Gasteiger partial charge in [-0.25, -0.2) is 0 Å². The van der Waals surface area contributed by atoms with Crippen molar-refractivity contribution < 1.29 is 0 Å². The Balaban J connectivity index is 1.30. The number of benzene rings is 5. The molecule has 0 aromatic heterocycles. The minimum Gasteiger partial charge on any atom is -0.311 e. The zero-order valence-corrected chi connectivity index (χ0v) is 27.0. The van der Waals surface area contributed by atoms with Crippen LogP contribution in [0.25, 0.3) is 0 Å². The van der Waals surface area contributed by atoms with Crippen LogP contribution in [0.2, 0.25) is 0 Å². The zero-order chi connectivity index (χ0) is 30.6. The average Bonchev–Trinajstić information content (AvgIpc) is 3.08. The Bertz CT molecular complexity index is 2010. The SMILES string of the molecule is Cc1ccc(N2c3ccccc3B3c4ccccc4N(c4ccccc4C)c4cc(C56CCC7CCC(CC7C5)C6)cc2c43)cc1. The second kappa shape index (κ2) is 9.88. The minimum atomic E-state index is 0.187. The van der Waals surface area contributed by atoms with Crippen molar-refractivity contribution >= 4 is 57.2 Å². The molecule has 0 saturated heterocycles. The van der Waals surface area contributed by atoms with E-state index in [2.05, 4.69) is 133 Å². The van der Waals surface area contributed by atoms with Crippen LogP contribution in [0.15, 0.2) is 109 Å². The number of anilines is 6. The van der Waals surface area contributed by atoms with E-state index in [0.717, 1.165) is 17.8 Å². The predicted octanol–water partition coefficient (Wildman–Crippen LogP) is 9.24. The molecule has 0 radical (unpaired) electrons. The molecule has 0 N–H and O–H groups in total. The van der Waals surface area contributed by atoms with Gasteiger partial charge < -0.3 is 9.80 Å². The van der Waals surface area contributed by atoms with E-state index in [1.807, 2.05) is 0 Å². The Morgan fingerprint density at radius 3 is 2.00 bits per heavy atom. The van der Waals surface area contributed by atoms with Crippen LogP contribution in [0, 0.1) is 31.6 Å². The first-order valence-corrected chi connectivity index (χ1v) is 17.7. The summed E-state index contributed by atoms with van der Waals surface area (Å²) < 4.78 is 0. The van der Waals surface area contributed by atoms with Crippen LogP contribution in [-0.2, 0) is 5.41 Å².